The molecule has 1 heterocycles. The van der Waals surface area contributed by atoms with E-state index in [1.165, 1.54) is 12.7 Å². The van der Waals surface area contributed by atoms with Crippen LogP contribution < -0.4 is 4.74 Å². The maximum Gasteiger partial charge on any atom is 0.156 e. The number of para-hydroxylation sites is 1. The molecule has 0 aliphatic rings. The zero-order valence-corrected chi connectivity index (χ0v) is 10.8. The van der Waals surface area contributed by atoms with Crippen LogP contribution in [0.1, 0.15) is 0 Å². The molecule has 1 N–H and O–H groups in total. The number of aromatic nitrogens is 3. The van der Waals surface area contributed by atoms with E-state index in [-0.39, 0.29) is 6.61 Å². The second kappa shape index (κ2) is 6.04. The summed E-state index contributed by atoms with van der Waals surface area (Å²) in [5.41, 5.74) is 0. The van der Waals surface area contributed by atoms with Crippen molar-refractivity contribution >= 4 is 23.2 Å². The highest BCUT2D eigenvalue weighted by molar-refractivity contribution is 6.37. The Morgan fingerprint density at radius 1 is 1.22 bits per heavy atom. The van der Waals surface area contributed by atoms with Gasteiger partial charge in [-0.2, -0.15) is 0 Å². The third-order valence-electron chi connectivity index (χ3n) is 2.23. The topological polar surface area (TPSA) is 60.2 Å². The number of ether oxygens (including phenoxy) is 1. The molecular formula is C11H11Cl2N3O2. The van der Waals surface area contributed by atoms with Gasteiger partial charge in [0, 0.05) is 0 Å². The number of aliphatic hydroxyl groups excluding tert-OH is 1. The maximum absolute atomic E-state index is 9.78. The molecule has 0 amide bonds. The summed E-state index contributed by atoms with van der Waals surface area (Å²) in [4.78, 5) is 0. The summed E-state index contributed by atoms with van der Waals surface area (Å²) >= 11 is 11.9. The van der Waals surface area contributed by atoms with Gasteiger partial charge in [0.15, 0.2) is 5.75 Å². The van der Waals surface area contributed by atoms with Gasteiger partial charge in [0.1, 0.15) is 25.4 Å². The molecule has 0 spiro atoms. The van der Waals surface area contributed by atoms with E-state index in [0.717, 1.165) is 0 Å². The largest absolute Gasteiger partial charge is 0.488 e. The summed E-state index contributed by atoms with van der Waals surface area (Å²) in [5, 5.41) is 17.9. The van der Waals surface area contributed by atoms with Crippen molar-refractivity contribution < 1.29 is 9.84 Å². The molecule has 0 aliphatic heterocycles. The number of hydrogen-bond acceptors (Lipinski definition) is 4. The van der Waals surface area contributed by atoms with E-state index < -0.39 is 6.10 Å². The summed E-state index contributed by atoms with van der Waals surface area (Å²) in [7, 11) is 0. The Hall–Kier alpha value is -1.30. The number of halogens is 2. The quantitative estimate of drug-likeness (QED) is 0.914. The minimum Gasteiger partial charge on any atom is -0.488 e. The number of rotatable bonds is 5. The van der Waals surface area contributed by atoms with Crippen molar-refractivity contribution in [3.63, 3.8) is 0 Å². The number of aliphatic hydroxyl groups is 1. The fourth-order valence-corrected chi connectivity index (χ4v) is 1.92. The molecule has 0 radical (unpaired) electrons. The number of benzene rings is 1. The Morgan fingerprint density at radius 2 is 1.83 bits per heavy atom. The molecular weight excluding hydrogens is 277 g/mol. The zero-order valence-electron chi connectivity index (χ0n) is 9.33. The lowest BCUT2D eigenvalue weighted by molar-refractivity contribution is 0.0925. The SMILES string of the molecule is OC(COc1c(Cl)cccc1Cl)Cn1cnnc1. The second-order valence-corrected chi connectivity index (χ2v) is 4.49. The van der Waals surface area contributed by atoms with Crippen LogP contribution >= 0.6 is 23.2 Å². The lowest BCUT2D eigenvalue weighted by Crippen LogP contribution is -2.23. The predicted molar refractivity (Wildman–Crippen MR) is 68.0 cm³/mol. The summed E-state index contributed by atoms with van der Waals surface area (Å²) in [5.74, 6) is 0.378. The van der Waals surface area contributed by atoms with Crippen LogP contribution in [0.25, 0.3) is 0 Å². The van der Waals surface area contributed by atoms with Crippen LogP contribution in [-0.4, -0.2) is 32.6 Å². The fourth-order valence-electron chi connectivity index (χ4n) is 1.41. The standard InChI is InChI=1S/C11H11Cl2N3O2/c12-9-2-1-3-10(13)11(9)18-5-8(17)4-16-6-14-15-7-16/h1-3,6-8,17H,4-5H2. The van der Waals surface area contributed by atoms with Crippen LogP contribution in [-0.2, 0) is 6.54 Å². The minimum atomic E-state index is -0.701. The van der Waals surface area contributed by atoms with Crippen molar-refractivity contribution in [2.24, 2.45) is 0 Å². The normalized spacial score (nSPS) is 12.4. The third kappa shape index (κ3) is 3.35. The first-order chi connectivity index (χ1) is 8.66. The Bertz CT molecular complexity index is 485. The van der Waals surface area contributed by atoms with Crippen LogP contribution in [0.2, 0.25) is 10.0 Å². The summed E-state index contributed by atoms with van der Waals surface area (Å²) < 4.78 is 7.07. The summed E-state index contributed by atoms with van der Waals surface area (Å²) in [6.45, 7) is 0.427. The van der Waals surface area contributed by atoms with Crippen LogP contribution in [0.5, 0.6) is 5.75 Å². The van der Waals surface area contributed by atoms with E-state index in [2.05, 4.69) is 10.2 Å². The molecule has 0 saturated heterocycles. The Balaban J connectivity index is 1.91. The highest BCUT2D eigenvalue weighted by atomic mass is 35.5. The molecule has 2 aromatic rings. The maximum atomic E-state index is 9.78. The van der Waals surface area contributed by atoms with Gasteiger partial charge < -0.3 is 14.4 Å². The van der Waals surface area contributed by atoms with E-state index in [9.17, 15) is 5.11 Å². The van der Waals surface area contributed by atoms with E-state index in [1.807, 2.05) is 0 Å². The average Bonchev–Trinajstić information content (AvgIpc) is 2.81. The first-order valence-electron chi connectivity index (χ1n) is 5.24. The van der Waals surface area contributed by atoms with Crippen LogP contribution in [0.4, 0.5) is 0 Å². The van der Waals surface area contributed by atoms with Crippen LogP contribution in [0.15, 0.2) is 30.9 Å². The van der Waals surface area contributed by atoms with E-state index in [0.29, 0.717) is 22.3 Å². The van der Waals surface area contributed by atoms with Gasteiger partial charge in [-0.3, -0.25) is 0 Å². The van der Waals surface area contributed by atoms with Crippen molar-refractivity contribution in [3.05, 3.63) is 40.9 Å². The molecule has 96 valence electrons. The van der Waals surface area contributed by atoms with Gasteiger partial charge in [-0.25, -0.2) is 0 Å². The molecule has 0 saturated carbocycles. The van der Waals surface area contributed by atoms with Gasteiger partial charge in [0.2, 0.25) is 0 Å². The molecule has 0 bridgehead atoms. The molecule has 7 heteroatoms. The molecule has 0 aliphatic carbocycles. The van der Waals surface area contributed by atoms with E-state index in [4.69, 9.17) is 27.9 Å². The van der Waals surface area contributed by atoms with Crippen molar-refractivity contribution in [2.45, 2.75) is 12.6 Å². The molecule has 2 rings (SSSR count). The van der Waals surface area contributed by atoms with Crippen molar-refractivity contribution in [1.82, 2.24) is 14.8 Å². The Kier molecular flexibility index (Phi) is 4.41. The zero-order chi connectivity index (χ0) is 13.0. The van der Waals surface area contributed by atoms with Crippen LogP contribution in [0, 0.1) is 0 Å². The van der Waals surface area contributed by atoms with Gasteiger partial charge in [-0.15, -0.1) is 10.2 Å². The summed E-state index contributed by atoms with van der Waals surface area (Å²) in [6, 6.07) is 5.08. The van der Waals surface area contributed by atoms with Crippen LogP contribution in [0.3, 0.4) is 0 Å². The lowest BCUT2D eigenvalue weighted by Gasteiger charge is -2.14. The van der Waals surface area contributed by atoms with Crippen molar-refractivity contribution in [3.8, 4) is 5.75 Å². The molecule has 18 heavy (non-hydrogen) atoms. The number of hydrogen-bond donors (Lipinski definition) is 1. The smallest absolute Gasteiger partial charge is 0.156 e. The highest BCUT2D eigenvalue weighted by Crippen LogP contribution is 2.32. The molecule has 1 aromatic carbocycles. The van der Waals surface area contributed by atoms with Gasteiger partial charge in [-0.05, 0) is 12.1 Å². The van der Waals surface area contributed by atoms with E-state index in [1.54, 1.807) is 22.8 Å². The monoisotopic (exact) mass is 287 g/mol. The molecule has 1 atom stereocenters. The predicted octanol–water partition coefficient (Wildman–Crippen LogP) is 2.02. The van der Waals surface area contributed by atoms with Gasteiger partial charge in [0.05, 0.1) is 16.6 Å². The number of nitrogens with zero attached hydrogens (tertiary/aromatic N) is 3. The Morgan fingerprint density at radius 3 is 2.44 bits per heavy atom. The average molecular weight is 288 g/mol. The first kappa shape index (κ1) is 13.1. The van der Waals surface area contributed by atoms with E-state index >= 15 is 0 Å². The fraction of sp³-hybridized carbons (Fsp3) is 0.273. The molecule has 5 nitrogen and oxygen atoms in total. The molecule has 1 aromatic heterocycles. The molecule has 0 fully saturated rings. The second-order valence-electron chi connectivity index (χ2n) is 3.67. The minimum absolute atomic E-state index is 0.0850. The van der Waals surface area contributed by atoms with Gasteiger partial charge in [0.25, 0.3) is 0 Å². The highest BCUT2D eigenvalue weighted by Gasteiger charge is 2.10. The van der Waals surface area contributed by atoms with Crippen molar-refractivity contribution in [2.75, 3.05) is 6.61 Å². The van der Waals surface area contributed by atoms with Gasteiger partial charge >= 0.3 is 0 Å². The lowest BCUT2D eigenvalue weighted by atomic mass is 10.3. The third-order valence-corrected chi connectivity index (χ3v) is 2.82. The van der Waals surface area contributed by atoms with Gasteiger partial charge in [-0.1, -0.05) is 29.3 Å². The first-order valence-corrected chi connectivity index (χ1v) is 5.99. The summed E-state index contributed by atoms with van der Waals surface area (Å²) in [6.07, 6.45) is 2.34. The Labute approximate surface area is 114 Å². The van der Waals surface area contributed by atoms with Crippen molar-refractivity contribution in [1.29, 1.82) is 0 Å². The molecule has 1 unspecified atom stereocenters.